The van der Waals surface area contributed by atoms with Gasteiger partial charge in [-0.2, -0.15) is 18.4 Å². The summed E-state index contributed by atoms with van der Waals surface area (Å²) in [5.41, 5.74) is -5.13. The fraction of sp³-hybridized carbons (Fsp3) is 0.211. The van der Waals surface area contributed by atoms with Gasteiger partial charge >= 0.3 is 20.0 Å². The van der Waals surface area contributed by atoms with Crippen molar-refractivity contribution in [1.29, 1.82) is 5.26 Å². The lowest BCUT2D eigenvalue weighted by molar-refractivity contribution is -0.144. The molecule has 1 saturated heterocycles. The summed E-state index contributed by atoms with van der Waals surface area (Å²) in [6.45, 7) is 0. The van der Waals surface area contributed by atoms with Crippen molar-refractivity contribution in [2.24, 2.45) is 0 Å². The third-order valence-corrected chi connectivity index (χ3v) is 5.73. The van der Waals surface area contributed by atoms with Crippen LogP contribution in [-0.4, -0.2) is 35.9 Å². The maximum Gasteiger partial charge on any atom is 0.474 e. The zero-order valence-corrected chi connectivity index (χ0v) is 17.4. The monoisotopic (exact) mass is 469 g/mol. The Morgan fingerprint density at radius 2 is 1.78 bits per heavy atom. The average Bonchev–Trinajstić information content (AvgIpc) is 2.94. The molecule has 2 aromatic rings. The molecule has 1 aliphatic heterocycles. The average molecular weight is 469 g/mol. The molecule has 1 unspecified atom stereocenters. The van der Waals surface area contributed by atoms with Crippen molar-refractivity contribution >= 4 is 25.4 Å². The smallest absolute Gasteiger partial charge is 0.302 e. The molecule has 2 atom stereocenters. The molecule has 0 bridgehead atoms. The summed E-state index contributed by atoms with van der Waals surface area (Å²) in [4.78, 5) is 37.4. The predicted molar refractivity (Wildman–Crippen MR) is 103 cm³/mol. The second kappa shape index (κ2) is 8.03. The highest BCUT2D eigenvalue weighted by atomic mass is 31.2. The van der Waals surface area contributed by atoms with Gasteiger partial charge < -0.3 is 4.89 Å². The van der Waals surface area contributed by atoms with E-state index in [1.165, 1.54) is 30.3 Å². The number of nitriles is 1. The van der Waals surface area contributed by atoms with E-state index in [-0.39, 0.29) is 5.56 Å². The number of phosphoric acid groups is 1. The maximum absolute atomic E-state index is 13.5. The van der Waals surface area contributed by atoms with Crippen molar-refractivity contribution in [1.82, 2.24) is 4.90 Å². The van der Waals surface area contributed by atoms with Crippen LogP contribution in [0.25, 0.3) is 0 Å². The fourth-order valence-corrected chi connectivity index (χ4v) is 3.95. The van der Waals surface area contributed by atoms with E-state index in [0.29, 0.717) is 15.9 Å². The van der Waals surface area contributed by atoms with Gasteiger partial charge in [-0.3, -0.25) is 14.2 Å². The van der Waals surface area contributed by atoms with Gasteiger partial charge in [0, 0.05) is 19.7 Å². The lowest BCUT2D eigenvalue weighted by atomic mass is 10.0. The minimum Gasteiger partial charge on any atom is -0.302 e. The molecule has 2 aromatic carbocycles. The molecule has 0 spiro atoms. The normalized spacial score (nSPS) is 20.9. The second-order valence-electron chi connectivity index (χ2n) is 6.57. The summed E-state index contributed by atoms with van der Waals surface area (Å²) in [7, 11) is -2.96. The summed E-state index contributed by atoms with van der Waals surface area (Å²) in [6, 6.07) is 9.70. The number of alkyl halides is 3. The van der Waals surface area contributed by atoms with E-state index in [0.717, 1.165) is 26.3 Å². The number of hydrogen-bond acceptors (Lipinski definition) is 6. The highest BCUT2D eigenvalue weighted by Gasteiger charge is 2.62. The van der Waals surface area contributed by atoms with E-state index in [4.69, 9.17) is 9.79 Å². The van der Waals surface area contributed by atoms with E-state index in [9.17, 15) is 32.2 Å². The molecule has 3 amide bonds. The van der Waals surface area contributed by atoms with Crippen LogP contribution in [-0.2, 0) is 30.3 Å². The molecule has 3 rings (SSSR count). The second-order valence-corrected chi connectivity index (χ2v) is 8.06. The molecular formula is C19H15F3N3O6P. The van der Waals surface area contributed by atoms with Gasteiger partial charge in [0.2, 0.25) is 0 Å². The Morgan fingerprint density at radius 1 is 1.16 bits per heavy atom. The number of halogens is 3. The van der Waals surface area contributed by atoms with E-state index in [1.54, 1.807) is 6.07 Å². The Labute approximate surface area is 179 Å². The first-order chi connectivity index (χ1) is 14.9. The lowest BCUT2D eigenvalue weighted by Crippen LogP contribution is -2.46. The molecule has 1 heterocycles. The highest BCUT2D eigenvalue weighted by molar-refractivity contribution is 7.47. The zero-order valence-electron chi connectivity index (χ0n) is 16.5. The molecule has 0 aromatic heterocycles. The summed E-state index contributed by atoms with van der Waals surface area (Å²) < 4.78 is 62.0. The summed E-state index contributed by atoms with van der Waals surface area (Å²) in [5, 5.41) is 8.97. The van der Waals surface area contributed by atoms with Crippen LogP contribution in [0.4, 0.5) is 23.7 Å². The van der Waals surface area contributed by atoms with Gasteiger partial charge in [0.1, 0.15) is 0 Å². The van der Waals surface area contributed by atoms with Gasteiger partial charge in [0.05, 0.1) is 22.9 Å². The third-order valence-electron chi connectivity index (χ3n) is 4.77. The largest absolute Gasteiger partial charge is 0.474 e. The molecule has 168 valence electrons. The Bertz CT molecular complexity index is 1170. The van der Waals surface area contributed by atoms with Crippen molar-refractivity contribution in [2.45, 2.75) is 11.9 Å². The van der Waals surface area contributed by atoms with Gasteiger partial charge in [-0.05, 0) is 18.2 Å². The van der Waals surface area contributed by atoms with Crippen LogP contribution in [0, 0.1) is 11.3 Å². The standard InChI is InChI=1S/C19H15F3N3O6P/c1-24-17(27)25(14-9-8-12(11-23)15(10-14)19(20,21)22)16(26)18(24,31-32(28,29)30-2)13-6-4-3-5-7-13/h3-10H,1-2H3,(H,28,29)/t18-/m0/s1. The number of anilines is 1. The number of urea groups is 1. The summed E-state index contributed by atoms with van der Waals surface area (Å²) >= 11 is 0. The molecule has 1 fully saturated rings. The minimum absolute atomic E-state index is 0.0423. The Morgan fingerprint density at radius 3 is 2.31 bits per heavy atom. The topological polar surface area (TPSA) is 120 Å². The Hall–Kier alpha value is -3.23. The minimum atomic E-state index is -4.94. The molecular weight excluding hydrogens is 454 g/mol. The third kappa shape index (κ3) is 3.76. The van der Waals surface area contributed by atoms with Crippen molar-refractivity contribution in [3.05, 3.63) is 65.2 Å². The highest BCUT2D eigenvalue weighted by Crippen LogP contribution is 2.53. The molecule has 0 aliphatic carbocycles. The van der Waals surface area contributed by atoms with Gasteiger partial charge in [0.25, 0.3) is 11.6 Å². The van der Waals surface area contributed by atoms with E-state index in [2.05, 4.69) is 4.52 Å². The molecule has 13 heteroatoms. The van der Waals surface area contributed by atoms with Crippen molar-refractivity contribution in [3.8, 4) is 6.07 Å². The van der Waals surface area contributed by atoms with Crippen LogP contribution in [0.15, 0.2) is 48.5 Å². The number of hydrogen-bond donors (Lipinski definition) is 1. The first-order valence-electron chi connectivity index (χ1n) is 8.77. The number of benzene rings is 2. The fourth-order valence-electron chi connectivity index (χ4n) is 3.24. The number of amides is 3. The van der Waals surface area contributed by atoms with Crippen molar-refractivity contribution in [2.75, 3.05) is 19.1 Å². The molecule has 1 aliphatic rings. The van der Waals surface area contributed by atoms with Crippen molar-refractivity contribution in [3.63, 3.8) is 0 Å². The van der Waals surface area contributed by atoms with Crippen LogP contribution < -0.4 is 4.90 Å². The predicted octanol–water partition coefficient (Wildman–Crippen LogP) is 3.59. The molecule has 0 saturated carbocycles. The number of likely N-dealkylation sites (N-methyl/N-ethyl adjacent to an activating group) is 1. The molecule has 32 heavy (non-hydrogen) atoms. The molecule has 1 N–H and O–H groups in total. The summed E-state index contributed by atoms with van der Waals surface area (Å²) in [5.74, 6) is -1.25. The lowest BCUT2D eigenvalue weighted by Gasteiger charge is -2.33. The molecule has 0 radical (unpaired) electrons. The van der Waals surface area contributed by atoms with E-state index in [1.807, 2.05) is 0 Å². The SMILES string of the molecule is COP(=O)(O)O[C@@]1(c2ccccc2)C(=O)N(c2ccc(C#N)c(C(F)(F)F)c2)C(=O)N1C. The number of phosphoric ester groups is 1. The first-order valence-corrected chi connectivity index (χ1v) is 10.3. The van der Waals surface area contributed by atoms with Crippen LogP contribution >= 0.6 is 7.82 Å². The number of imide groups is 1. The quantitative estimate of drug-likeness (QED) is 0.525. The number of rotatable bonds is 5. The molecule has 9 nitrogen and oxygen atoms in total. The Kier molecular flexibility index (Phi) is 5.88. The van der Waals surface area contributed by atoms with Gasteiger partial charge in [-0.25, -0.2) is 18.8 Å². The van der Waals surface area contributed by atoms with Crippen molar-refractivity contribution < 1.29 is 41.3 Å². The number of carbonyl (C=O) groups is 2. The first kappa shape index (κ1) is 23.4. The van der Waals surface area contributed by atoms with Crippen LogP contribution in [0.1, 0.15) is 16.7 Å². The zero-order chi connectivity index (χ0) is 23.9. The van der Waals surface area contributed by atoms with E-state index >= 15 is 0 Å². The van der Waals surface area contributed by atoms with Crippen LogP contribution in [0.3, 0.4) is 0 Å². The van der Waals surface area contributed by atoms with Gasteiger partial charge in [0.15, 0.2) is 0 Å². The maximum atomic E-state index is 13.5. The summed E-state index contributed by atoms with van der Waals surface area (Å²) in [6.07, 6.45) is -4.94. The van der Waals surface area contributed by atoms with Crippen LogP contribution in [0.5, 0.6) is 0 Å². The van der Waals surface area contributed by atoms with E-state index < -0.39 is 48.5 Å². The van der Waals surface area contributed by atoms with Crippen LogP contribution in [0.2, 0.25) is 0 Å². The van der Waals surface area contributed by atoms with Gasteiger partial charge in [-0.15, -0.1) is 0 Å². The number of carbonyl (C=O) groups excluding carboxylic acids is 2. The Balaban J connectivity index is 2.22. The number of nitrogens with zero attached hydrogens (tertiary/aromatic N) is 3. The van der Waals surface area contributed by atoms with Gasteiger partial charge in [-0.1, -0.05) is 30.3 Å².